The predicted octanol–water partition coefficient (Wildman–Crippen LogP) is 2.53. The van der Waals surface area contributed by atoms with Gasteiger partial charge in [-0.05, 0) is 25.0 Å². The summed E-state index contributed by atoms with van der Waals surface area (Å²) in [6.45, 7) is 4.01. The van der Waals surface area contributed by atoms with E-state index in [0.29, 0.717) is 5.13 Å². The maximum Gasteiger partial charge on any atom is 0.257 e. The molecule has 0 unspecified atom stereocenters. The smallest absolute Gasteiger partial charge is 0.257 e. The Balaban J connectivity index is 1.40. The lowest BCUT2D eigenvalue weighted by Gasteiger charge is -2.35. The van der Waals surface area contributed by atoms with Gasteiger partial charge in [0.25, 0.3) is 5.91 Å². The van der Waals surface area contributed by atoms with Crippen LogP contribution in [0.1, 0.15) is 23.2 Å². The summed E-state index contributed by atoms with van der Waals surface area (Å²) in [4.78, 5) is 21.5. The van der Waals surface area contributed by atoms with Crippen LogP contribution < -0.4 is 15.0 Å². The molecule has 1 saturated carbocycles. The second-order valence-corrected chi connectivity index (χ2v) is 7.73. The van der Waals surface area contributed by atoms with Crippen LogP contribution >= 0.6 is 11.3 Å². The fourth-order valence-corrected chi connectivity index (χ4v) is 4.11. The van der Waals surface area contributed by atoms with E-state index in [1.165, 1.54) is 37.4 Å². The monoisotopic (exact) mass is 392 g/mol. The number of hydrogen-bond donors (Lipinski definition) is 2. The van der Waals surface area contributed by atoms with Crippen LogP contribution in [0, 0.1) is 5.82 Å². The molecule has 7 nitrogen and oxygen atoms in total. The number of methoxy groups -OCH3 is 1. The summed E-state index contributed by atoms with van der Waals surface area (Å²) in [6, 6.07) is 3.05. The Morgan fingerprint density at radius 3 is 2.74 bits per heavy atom. The minimum atomic E-state index is -0.909. The van der Waals surface area contributed by atoms with Crippen LogP contribution in [0.2, 0.25) is 0 Å². The number of ether oxygens (including phenoxy) is 1. The number of phenolic OH excluding ortho intramolecular Hbond substituents is 1. The Labute approximate surface area is 160 Å². The molecule has 2 aromatic rings. The highest BCUT2D eigenvalue weighted by molar-refractivity contribution is 7.19. The number of amides is 1. The third-order valence-electron chi connectivity index (χ3n) is 4.91. The van der Waals surface area contributed by atoms with Gasteiger partial charge >= 0.3 is 0 Å². The zero-order valence-electron chi connectivity index (χ0n) is 14.9. The zero-order chi connectivity index (χ0) is 19.0. The number of rotatable bonds is 5. The molecule has 2 N–H and O–H groups in total. The number of benzene rings is 1. The van der Waals surface area contributed by atoms with E-state index in [1.54, 1.807) is 6.20 Å². The lowest BCUT2D eigenvalue weighted by molar-refractivity contribution is 0.102. The molecule has 9 heteroatoms. The lowest BCUT2D eigenvalue weighted by atomic mass is 10.2. The highest BCUT2D eigenvalue weighted by Crippen LogP contribution is 2.33. The third kappa shape index (κ3) is 3.84. The van der Waals surface area contributed by atoms with Crippen molar-refractivity contribution in [3.63, 3.8) is 0 Å². The van der Waals surface area contributed by atoms with Crippen molar-refractivity contribution in [2.24, 2.45) is 0 Å². The molecule has 1 aliphatic heterocycles. The molecule has 144 valence electrons. The normalized spacial score (nSPS) is 17.8. The molecular weight excluding hydrogens is 371 g/mol. The number of phenols is 1. The van der Waals surface area contributed by atoms with E-state index in [2.05, 4.69) is 20.1 Å². The van der Waals surface area contributed by atoms with Gasteiger partial charge in [0.05, 0.1) is 13.3 Å². The van der Waals surface area contributed by atoms with Gasteiger partial charge < -0.3 is 14.7 Å². The second kappa shape index (κ2) is 7.32. The molecule has 1 aliphatic carbocycles. The maximum absolute atomic E-state index is 13.7. The number of carbonyl (C=O) groups is 1. The van der Waals surface area contributed by atoms with Crippen molar-refractivity contribution >= 4 is 27.4 Å². The van der Waals surface area contributed by atoms with Gasteiger partial charge in [-0.1, -0.05) is 11.3 Å². The van der Waals surface area contributed by atoms with Crippen molar-refractivity contribution in [3.05, 3.63) is 29.7 Å². The van der Waals surface area contributed by atoms with E-state index in [1.807, 2.05) is 0 Å². The molecule has 27 heavy (non-hydrogen) atoms. The molecule has 2 aliphatic rings. The average molecular weight is 392 g/mol. The van der Waals surface area contributed by atoms with Crippen LogP contribution in [0.25, 0.3) is 0 Å². The average Bonchev–Trinajstić information content (AvgIpc) is 3.43. The SMILES string of the molecule is COc1cc(C(=O)Nc2ncc(N3CCN(C4CC4)CC3)s2)cc(F)c1O. The van der Waals surface area contributed by atoms with Crippen LogP contribution in [-0.4, -0.2) is 60.2 Å². The van der Waals surface area contributed by atoms with E-state index in [4.69, 9.17) is 4.74 Å². The minimum Gasteiger partial charge on any atom is -0.502 e. The maximum atomic E-state index is 13.7. The molecule has 0 bridgehead atoms. The molecule has 1 saturated heterocycles. The number of aromatic hydroxyl groups is 1. The van der Waals surface area contributed by atoms with E-state index in [0.717, 1.165) is 43.3 Å². The summed E-state index contributed by atoms with van der Waals surface area (Å²) in [7, 11) is 1.30. The number of aromatic nitrogens is 1. The van der Waals surface area contributed by atoms with E-state index in [9.17, 15) is 14.3 Å². The first kappa shape index (κ1) is 18.0. The molecule has 0 spiro atoms. The number of nitrogens with zero attached hydrogens (tertiary/aromatic N) is 3. The van der Waals surface area contributed by atoms with Crippen LogP contribution in [-0.2, 0) is 0 Å². The standard InChI is InChI=1S/C18H21FN4O3S/c1-26-14-9-11(8-13(19)16(14)24)17(25)21-18-20-10-15(27-18)23-6-4-22(5-7-23)12-2-3-12/h8-10,12,24H,2-7H2,1H3,(H,20,21,25). The molecule has 1 amide bonds. The predicted molar refractivity (Wildman–Crippen MR) is 101 cm³/mol. The Bertz CT molecular complexity index is 847. The lowest BCUT2D eigenvalue weighted by Crippen LogP contribution is -2.47. The molecule has 1 aromatic heterocycles. The molecule has 2 heterocycles. The summed E-state index contributed by atoms with van der Waals surface area (Å²) in [6.07, 6.45) is 4.39. The van der Waals surface area contributed by atoms with Crippen LogP contribution in [0.3, 0.4) is 0 Å². The van der Waals surface area contributed by atoms with E-state index >= 15 is 0 Å². The Morgan fingerprint density at radius 1 is 1.33 bits per heavy atom. The number of hydrogen-bond acceptors (Lipinski definition) is 7. The number of halogens is 1. The number of thiazole rings is 1. The Morgan fingerprint density at radius 2 is 2.07 bits per heavy atom. The van der Waals surface area contributed by atoms with Crippen LogP contribution in [0.15, 0.2) is 18.3 Å². The zero-order valence-corrected chi connectivity index (χ0v) is 15.8. The minimum absolute atomic E-state index is 0.0527. The van der Waals surface area contributed by atoms with Gasteiger partial charge in [-0.2, -0.15) is 0 Å². The van der Waals surface area contributed by atoms with Gasteiger partial charge in [-0.3, -0.25) is 15.0 Å². The van der Waals surface area contributed by atoms with Crippen LogP contribution in [0.4, 0.5) is 14.5 Å². The fraction of sp³-hybridized carbons (Fsp3) is 0.444. The van der Waals surface area contributed by atoms with Gasteiger partial charge in [-0.25, -0.2) is 9.37 Å². The van der Waals surface area contributed by atoms with E-state index < -0.39 is 17.5 Å². The van der Waals surface area contributed by atoms with Crippen molar-refractivity contribution in [2.75, 3.05) is 43.5 Å². The molecule has 4 rings (SSSR count). The van der Waals surface area contributed by atoms with Crippen molar-refractivity contribution in [2.45, 2.75) is 18.9 Å². The van der Waals surface area contributed by atoms with E-state index in [-0.39, 0.29) is 11.3 Å². The van der Waals surface area contributed by atoms with Crippen molar-refractivity contribution < 1.29 is 19.0 Å². The number of anilines is 2. The third-order valence-corrected chi connectivity index (χ3v) is 5.89. The van der Waals surface area contributed by atoms with Gasteiger partial charge in [0.15, 0.2) is 22.4 Å². The number of piperazine rings is 1. The van der Waals surface area contributed by atoms with Gasteiger partial charge in [0, 0.05) is 37.8 Å². The highest BCUT2D eigenvalue weighted by Gasteiger charge is 2.31. The Kier molecular flexibility index (Phi) is 4.88. The van der Waals surface area contributed by atoms with Gasteiger partial charge in [0.1, 0.15) is 5.00 Å². The topological polar surface area (TPSA) is 77.9 Å². The second-order valence-electron chi connectivity index (χ2n) is 6.72. The molecule has 1 aromatic carbocycles. The van der Waals surface area contributed by atoms with Crippen molar-refractivity contribution in [1.29, 1.82) is 0 Å². The molecular formula is C18H21FN4O3S. The van der Waals surface area contributed by atoms with Gasteiger partial charge in [0.2, 0.25) is 0 Å². The Hall–Kier alpha value is -2.39. The largest absolute Gasteiger partial charge is 0.502 e. The fourth-order valence-electron chi connectivity index (χ4n) is 3.25. The summed E-state index contributed by atoms with van der Waals surface area (Å²) in [5.41, 5.74) is 0.0527. The van der Waals surface area contributed by atoms with Crippen LogP contribution in [0.5, 0.6) is 11.5 Å². The van der Waals surface area contributed by atoms with Crippen molar-refractivity contribution in [1.82, 2.24) is 9.88 Å². The summed E-state index contributed by atoms with van der Waals surface area (Å²) in [5, 5.41) is 13.7. The first-order valence-corrected chi connectivity index (χ1v) is 9.69. The first-order chi connectivity index (χ1) is 13.0. The van der Waals surface area contributed by atoms with Crippen molar-refractivity contribution in [3.8, 4) is 11.5 Å². The number of carbonyl (C=O) groups excluding carboxylic acids is 1. The summed E-state index contributed by atoms with van der Waals surface area (Å²) in [5.74, 6) is -2.12. The molecule has 2 fully saturated rings. The highest BCUT2D eigenvalue weighted by atomic mass is 32.1. The van der Waals surface area contributed by atoms with Gasteiger partial charge in [-0.15, -0.1) is 0 Å². The summed E-state index contributed by atoms with van der Waals surface area (Å²) >= 11 is 1.39. The quantitative estimate of drug-likeness (QED) is 0.814. The molecule has 0 radical (unpaired) electrons. The summed E-state index contributed by atoms with van der Waals surface area (Å²) < 4.78 is 18.6. The number of nitrogens with one attached hydrogen (secondary N) is 1. The first-order valence-electron chi connectivity index (χ1n) is 8.88. The molecule has 0 atom stereocenters.